The quantitative estimate of drug-likeness (QED) is 0.907. The van der Waals surface area contributed by atoms with E-state index >= 15 is 0 Å². The Labute approximate surface area is 130 Å². The van der Waals surface area contributed by atoms with Crippen LogP contribution in [0, 0.1) is 12.8 Å². The van der Waals surface area contributed by atoms with Crippen molar-refractivity contribution < 1.29 is 9.47 Å². The molecule has 22 heavy (non-hydrogen) atoms. The zero-order valence-corrected chi connectivity index (χ0v) is 13.1. The number of hydrogen-bond donors (Lipinski definition) is 1. The standard InChI is InChI=1S/C16H22N4O2/c1-12-16-11-22-10-14(9-20(16)19-18-12)8-17-7-13-3-5-15(21-2)6-4-13/h3-6,14,17H,7-11H2,1-2H3/t14-/m0/s1. The van der Waals surface area contributed by atoms with Gasteiger partial charge in [0, 0.05) is 25.6 Å². The van der Waals surface area contributed by atoms with Gasteiger partial charge in [-0.15, -0.1) is 5.10 Å². The molecule has 0 saturated carbocycles. The number of fused-ring (bicyclic) bond motifs is 1. The summed E-state index contributed by atoms with van der Waals surface area (Å²) in [6, 6.07) is 8.12. The van der Waals surface area contributed by atoms with Crippen molar-refractivity contribution in [1.82, 2.24) is 20.3 Å². The van der Waals surface area contributed by atoms with Gasteiger partial charge in [-0.1, -0.05) is 17.3 Å². The predicted octanol–water partition coefficient (Wildman–Crippen LogP) is 1.53. The van der Waals surface area contributed by atoms with Crippen LogP contribution in [0.3, 0.4) is 0 Å². The van der Waals surface area contributed by atoms with Crippen LogP contribution < -0.4 is 10.1 Å². The first-order valence-corrected chi connectivity index (χ1v) is 7.56. The highest BCUT2D eigenvalue weighted by molar-refractivity contribution is 5.26. The third kappa shape index (κ3) is 3.45. The number of rotatable bonds is 5. The van der Waals surface area contributed by atoms with Crippen molar-refractivity contribution in [2.45, 2.75) is 26.6 Å². The van der Waals surface area contributed by atoms with Crippen LogP contribution in [0.4, 0.5) is 0 Å². The summed E-state index contributed by atoms with van der Waals surface area (Å²) in [6.45, 7) is 5.91. The van der Waals surface area contributed by atoms with Gasteiger partial charge in [-0.2, -0.15) is 0 Å². The van der Waals surface area contributed by atoms with Crippen LogP contribution >= 0.6 is 0 Å². The lowest BCUT2D eigenvalue weighted by molar-refractivity contribution is 0.0936. The van der Waals surface area contributed by atoms with Crippen LogP contribution in [0.25, 0.3) is 0 Å². The van der Waals surface area contributed by atoms with Gasteiger partial charge in [-0.3, -0.25) is 0 Å². The average Bonchev–Trinajstić information content (AvgIpc) is 2.76. The number of ether oxygens (including phenoxy) is 2. The number of benzene rings is 1. The number of nitrogens with one attached hydrogen (secondary N) is 1. The van der Waals surface area contributed by atoms with Gasteiger partial charge in [0.15, 0.2) is 0 Å². The minimum atomic E-state index is 0.403. The number of aryl methyl sites for hydroxylation is 1. The Kier molecular flexibility index (Phi) is 4.70. The van der Waals surface area contributed by atoms with Crippen LogP contribution in [0.1, 0.15) is 17.0 Å². The van der Waals surface area contributed by atoms with E-state index in [0.29, 0.717) is 12.5 Å². The van der Waals surface area contributed by atoms with Crippen LogP contribution in [-0.4, -0.2) is 35.3 Å². The number of nitrogens with zero attached hydrogens (tertiary/aromatic N) is 3. The Balaban J connectivity index is 1.51. The third-order valence-corrected chi connectivity index (χ3v) is 3.98. The summed E-state index contributed by atoms with van der Waals surface area (Å²) in [7, 11) is 1.68. The molecule has 118 valence electrons. The fourth-order valence-corrected chi connectivity index (χ4v) is 2.65. The van der Waals surface area contributed by atoms with Gasteiger partial charge < -0.3 is 14.8 Å². The van der Waals surface area contributed by atoms with Gasteiger partial charge in [0.05, 0.1) is 31.7 Å². The lowest BCUT2D eigenvalue weighted by Gasteiger charge is -2.15. The number of aromatic nitrogens is 3. The van der Waals surface area contributed by atoms with Crippen molar-refractivity contribution in [3.8, 4) is 5.75 Å². The lowest BCUT2D eigenvalue weighted by Crippen LogP contribution is -2.28. The SMILES string of the molecule is COc1ccc(CNC[C@@H]2COCc3c(C)nnn3C2)cc1. The molecule has 2 heterocycles. The molecule has 0 fully saturated rings. The molecule has 1 aliphatic rings. The molecule has 0 radical (unpaired) electrons. The van der Waals surface area contributed by atoms with Crippen molar-refractivity contribution in [2.75, 3.05) is 20.3 Å². The lowest BCUT2D eigenvalue weighted by atomic mass is 10.1. The van der Waals surface area contributed by atoms with Crippen LogP contribution in [-0.2, 0) is 24.4 Å². The molecular formula is C16H22N4O2. The van der Waals surface area contributed by atoms with Gasteiger partial charge in [-0.05, 0) is 24.6 Å². The van der Waals surface area contributed by atoms with Crippen molar-refractivity contribution in [3.05, 3.63) is 41.2 Å². The summed E-state index contributed by atoms with van der Waals surface area (Å²) in [5, 5.41) is 11.8. The van der Waals surface area contributed by atoms with E-state index in [0.717, 1.165) is 43.4 Å². The first kappa shape index (κ1) is 15.0. The van der Waals surface area contributed by atoms with Gasteiger partial charge in [-0.25, -0.2) is 4.68 Å². The summed E-state index contributed by atoms with van der Waals surface area (Å²) in [5.41, 5.74) is 3.30. The van der Waals surface area contributed by atoms with E-state index in [2.05, 4.69) is 27.8 Å². The molecule has 1 aliphatic heterocycles. The van der Waals surface area contributed by atoms with E-state index in [9.17, 15) is 0 Å². The number of methoxy groups -OCH3 is 1. The van der Waals surface area contributed by atoms with Gasteiger partial charge in [0.1, 0.15) is 5.75 Å². The van der Waals surface area contributed by atoms with E-state index in [4.69, 9.17) is 9.47 Å². The summed E-state index contributed by atoms with van der Waals surface area (Å²) in [6.07, 6.45) is 0. The van der Waals surface area contributed by atoms with Gasteiger partial charge >= 0.3 is 0 Å². The topological polar surface area (TPSA) is 61.2 Å². The molecular weight excluding hydrogens is 280 g/mol. The van der Waals surface area contributed by atoms with Crippen LogP contribution in [0.15, 0.2) is 24.3 Å². The Morgan fingerprint density at radius 2 is 2.18 bits per heavy atom. The van der Waals surface area contributed by atoms with Crippen molar-refractivity contribution in [1.29, 1.82) is 0 Å². The molecule has 0 saturated heterocycles. The van der Waals surface area contributed by atoms with Crippen molar-refractivity contribution >= 4 is 0 Å². The number of hydrogen-bond acceptors (Lipinski definition) is 5. The predicted molar refractivity (Wildman–Crippen MR) is 82.6 cm³/mol. The Bertz CT molecular complexity index is 609. The fraction of sp³-hybridized carbons (Fsp3) is 0.500. The average molecular weight is 302 g/mol. The molecule has 2 aromatic rings. The van der Waals surface area contributed by atoms with Gasteiger partial charge in [0.2, 0.25) is 0 Å². The highest BCUT2D eigenvalue weighted by atomic mass is 16.5. The highest BCUT2D eigenvalue weighted by Gasteiger charge is 2.19. The summed E-state index contributed by atoms with van der Waals surface area (Å²) in [5.74, 6) is 1.29. The molecule has 1 N–H and O–H groups in total. The van der Waals surface area contributed by atoms with E-state index in [1.54, 1.807) is 7.11 Å². The molecule has 0 bridgehead atoms. The first-order chi connectivity index (χ1) is 10.8. The normalized spacial score (nSPS) is 17.8. The Morgan fingerprint density at radius 1 is 1.36 bits per heavy atom. The van der Waals surface area contributed by atoms with E-state index in [-0.39, 0.29) is 0 Å². The maximum absolute atomic E-state index is 5.75. The Hall–Kier alpha value is -1.92. The second kappa shape index (κ2) is 6.89. The zero-order valence-electron chi connectivity index (χ0n) is 13.1. The third-order valence-electron chi connectivity index (χ3n) is 3.98. The fourth-order valence-electron chi connectivity index (χ4n) is 2.65. The highest BCUT2D eigenvalue weighted by Crippen LogP contribution is 2.15. The summed E-state index contributed by atoms with van der Waals surface area (Å²) >= 11 is 0. The minimum Gasteiger partial charge on any atom is -0.497 e. The first-order valence-electron chi connectivity index (χ1n) is 7.56. The molecule has 0 spiro atoms. The smallest absolute Gasteiger partial charge is 0.118 e. The zero-order chi connectivity index (χ0) is 15.4. The van der Waals surface area contributed by atoms with Crippen LogP contribution in [0.2, 0.25) is 0 Å². The largest absolute Gasteiger partial charge is 0.497 e. The maximum atomic E-state index is 5.75. The maximum Gasteiger partial charge on any atom is 0.118 e. The van der Waals surface area contributed by atoms with Gasteiger partial charge in [0.25, 0.3) is 0 Å². The van der Waals surface area contributed by atoms with Crippen molar-refractivity contribution in [2.24, 2.45) is 5.92 Å². The van der Waals surface area contributed by atoms with E-state index in [1.807, 2.05) is 23.7 Å². The second-order valence-electron chi connectivity index (χ2n) is 5.66. The molecule has 6 heteroatoms. The molecule has 0 aliphatic carbocycles. The minimum absolute atomic E-state index is 0.403. The molecule has 1 aromatic heterocycles. The molecule has 1 aromatic carbocycles. The molecule has 0 amide bonds. The molecule has 3 rings (SSSR count). The monoisotopic (exact) mass is 302 g/mol. The molecule has 1 atom stereocenters. The summed E-state index contributed by atoms with van der Waals surface area (Å²) < 4.78 is 12.9. The van der Waals surface area contributed by atoms with Crippen LogP contribution in [0.5, 0.6) is 5.75 Å². The molecule has 6 nitrogen and oxygen atoms in total. The van der Waals surface area contributed by atoms with E-state index < -0.39 is 0 Å². The molecule has 0 unspecified atom stereocenters. The second-order valence-corrected chi connectivity index (χ2v) is 5.66. The Morgan fingerprint density at radius 3 is 2.95 bits per heavy atom. The summed E-state index contributed by atoms with van der Waals surface area (Å²) in [4.78, 5) is 0. The van der Waals surface area contributed by atoms with Crippen molar-refractivity contribution in [3.63, 3.8) is 0 Å². The van der Waals surface area contributed by atoms with E-state index in [1.165, 1.54) is 5.56 Å².